The molecule has 2 heterocycles. The molecule has 82 valence electrons. The Hall–Kier alpha value is -0.940. The maximum Gasteiger partial charge on any atom is 0.234 e. The van der Waals surface area contributed by atoms with Gasteiger partial charge in [0.15, 0.2) is 5.82 Å². The van der Waals surface area contributed by atoms with Crippen LogP contribution < -0.4 is 5.73 Å². The van der Waals surface area contributed by atoms with Crippen LogP contribution in [0, 0.1) is 0 Å². The normalized spacial score (nSPS) is 28.2. The predicted octanol–water partition coefficient (Wildman–Crippen LogP) is 0.564. The molecule has 1 aromatic heterocycles. The Kier molecular flexibility index (Phi) is 2.03. The van der Waals surface area contributed by atoms with E-state index in [4.69, 9.17) is 15.0 Å². The fourth-order valence-electron chi connectivity index (χ4n) is 2.01. The van der Waals surface area contributed by atoms with Gasteiger partial charge in [0.1, 0.15) is 0 Å². The molecular weight excluding hydrogens is 194 g/mol. The standard InChI is InChI=1S/C10H15N3O2/c11-6-10(2-3-10)9-12-8(13-15-9)7-1-4-14-5-7/h7H,1-6,11H2. The zero-order valence-electron chi connectivity index (χ0n) is 8.61. The minimum absolute atomic E-state index is 0.00467. The van der Waals surface area contributed by atoms with Gasteiger partial charge in [-0.15, -0.1) is 0 Å². The quantitative estimate of drug-likeness (QED) is 0.787. The Labute approximate surface area is 88.0 Å². The monoisotopic (exact) mass is 209 g/mol. The molecule has 0 bridgehead atoms. The molecule has 0 radical (unpaired) electrons. The molecule has 0 aromatic carbocycles. The third kappa shape index (κ3) is 1.46. The van der Waals surface area contributed by atoms with E-state index < -0.39 is 0 Å². The van der Waals surface area contributed by atoms with Gasteiger partial charge in [0.2, 0.25) is 5.89 Å². The van der Waals surface area contributed by atoms with Crippen LogP contribution in [0.2, 0.25) is 0 Å². The molecule has 2 N–H and O–H groups in total. The van der Waals surface area contributed by atoms with Crippen molar-refractivity contribution in [2.24, 2.45) is 5.73 Å². The number of nitrogens with two attached hydrogens (primary N) is 1. The van der Waals surface area contributed by atoms with Crippen LogP contribution in [0.4, 0.5) is 0 Å². The van der Waals surface area contributed by atoms with E-state index in [0.29, 0.717) is 19.1 Å². The summed E-state index contributed by atoms with van der Waals surface area (Å²) in [5.41, 5.74) is 5.72. The fourth-order valence-corrected chi connectivity index (χ4v) is 2.01. The highest BCUT2D eigenvalue weighted by molar-refractivity contribution is 5.17. The molecular formula is C10H15N3O2. The van der Waals surface area contributed by atoms with Gasteiger partial charge in [-0.1, -0.05) is 5.16 Å². The van der Waals surface area contributed by atoms with Crippen molar-refractivity contribution in [1.29, 1.82) is 0 Å². The van der Waals surface area contributed by atoms with Gasteiger partial charge in [-0.2, -0.15) is 4.98 Å². The first-order valence-electron chi connectivity index (χ1n) is 5.46. The molecule has 2 aliphatic rings. The van der Waals surface area contributed by atoms with E-state index in [2.05, 4.69) is 10.1 Å². The first-order chi connectivity index (χ1) is 7.34. The van der Waals surface area contributed by atoms with Crippen LogP contribution >= 0.6 is 0 Å². The first kappa shape index (κ1) is 9.30. The summed E-state index contributed by atoms with van der Waals surface area (Å²) in [6, 6.07) is 0. The average molecular weight is 209 g/mol. The topological polar surface area (TPSA) is 74.2 Å². The van der Waals surface area contributed by atoms with Crippen molar-refractivity contribution >= 4 is 0 Å². The molecule has 1 atom stereocenters. The Morgan fingerprint density at radius 1 is 1.47 bits per heavy atom. The third-order valence-electron chi connectivity index (χ3n) is 3.43. The molecule has 15 heavy (non-hydrogen) atoms. The highest BCUT2D eigenvalue weighted by Gasteiger charge is 2.48. The highest BCUT2D eigenvalue weighted by atomic mass is 16.5. The molecule has 1 unspecified atom stereocenters. The van der Waals surface area contributed by atoms with E-state index in [1.807, 2.05) is 0 Å². The lowest BCUT2D eigenvalue weighted by Gasteiger charge is -2.04. The molecule has 1 aliphatic carbocycles. The van der Waals surface area contributed by atoms with Gasteiger partial charge in [0.05, 0.1) is 12.0 Å². The van der Waals surface area contributed by atoms with Crippen molar-refractivity contribution in [1.82, 2.24) is 10.1 Å². The Bertz CT molecular complexity index is 353. The molecule has 1 aromatic rings. The summed E-state index contributed by atoms with van der Waals surface area (Å²) in [5, 5.41) is 4.03. The van der Waals surface area contributed by atoms with Crippen LogP contribution in [0.15, 0.2) is 4.52 Å². The summed E-state index contributed by atoms with van der Waals surface area (Å²) in [5.74, 6) is 1.84. The molecule has 5 heteroatoms. The Morgan fingerprint density at radius 2 is 2.33 bits per heavy atom. The van der Waals surface area contributed by atoms with Gasteiger partial charge >= 0.3 is 0 Å². The van der Waals surface area contributed by atoms with Crippen molar-refractivity contribution in [2.75, 3.05) is 19.8 Å². The van der Waals surface area contributed by atoms with Gasteiger partial charge < -0.3 is 15.0 Å². The van der Waals surface area contributed by atoms with E-state index in [-0.39, 0.29) is 5.41 Å². The highest BCUT2D eigenvalue weighted by Crippen LogP contribution is 2.46. The number of hydrogen-bond acceptors (Lipinski definition) is 5. The van der Waals surface area contributed by atoms with Crippen LogP contribution in [0.25, 0.3) is 0 Å². The molecule has 1 aliphatic heterocycles. The maximum absolute atomic E-state index is 5.71. The lowest BCUT2D eigenvalue weighted by Crippen LogP contribution is -2.20. The van der Waals surface area contributed by atoms with Gasteiger partial charge in [-0.05, 0) is 19.3 Å². The summed E-state index contributed by atoms with van der Waals surface area (Å²) < 4.78 is 10.6. The van der Waals surface area contributed by atoms with Crippen LogP contribution in [-0.2, 0) is 10.2 Å². The van der Waals surface area contributed by atoms with E-state index in [9.17, 15) is 0 Å². The van der Waals surface area contributed by atoms with Crippen molar-refractivity contribution in [3.8, 4) is 0 Å². The summed E-state index contributed by atoms with van der Waals surface area (Å²) in [6.45, 7) is 2.13. The van der Waals surface area contributed by atoms with Gasteiger partial charge in [0.25, 0.3) is 0 Å². The van der Waals surface area contributed by atoms with Crippen LogP contribution in [0.5, 0.6) is 0 Å². The van der Waals surface area contributed by atoms with Crippen molar-refractivity contribution in [3.05, 3.63) is 11.7 Å². The number of hydrogen-bond donors (Lipinski definition) is 1. The molecule has 1 saturated carbocycles. The lowest BCUT2D eigenvalue weighted by atomic mass is 10.1. The largest absolute Gasteiger partial charge is 0.381 e. The second-order valence-corrected chi connectivity index (χ2v) is 4.50. The first-order valence-corrected chi connectivity index (χ1v) is 5.46. The Balaban J connectivity index is 1.81. The fraction of sp³-hybridized carbons (Fsp3) is 0.800. The van der Waals surface area contributed by atoms with Gasteiger partial charge in [0, 0.05) is 19.1 Å². The van der Waals surface area contributed by atoms with Crippen molar-refractivity contribution in [3.63, 3.8) is 0 Å². The van der Waals surface area contributed by atoms with Crippen LogP contribution in [0.3, 0.4) is 0 Å². The average Bonchev–Trinajstić information content (AvgIpc) is 2.74. The second kappa shape index (κ2) is 3.28. The summed E-state index contributed by atoms with van der Waals surface area (Å²) in [7, 11) is 0. The number of aromatic nitrogens is 2. The third-order valence-corrected chi connectivity index (χ3v) is 3.43. The van der Waals surface area contributed by atoms with E-state index in [1.165, 1.54) is 0 Å². The Morgan fingerprint density at radius 3 is 2.93 bits per heavy atom. The summed E-state index contributed by atoms with van der Waals surface area (Å²) in [6.07, 6.45) is 3.15. The van der Waals surface area contributed by atoms with Crippen LogP contribution in [-0.4, -0.2) is 29.9 Å². The minimum atomic E-state index is 0.00467. The molecule has 5 nitrogen and oxygen atoms in total. The number of rotatable bonds is 3. The van der Waals surface area contributed by atoms with E-state index in [1.54, 1.807) is 0 Å². The van der Waals surface area contributed by atoms with Crippen molar-refractivity contribution in [2.45, 2.75) is 30.6 Å². The number of nitrogens with zero attached hydrogens (tertiary/aromatic N) is 2. The molecule has 2 fully saturated rings. The van der Waals surface area contributed by atoms with E-state index in [0.717, 1.165) is 37.6 Å². The summed E-state index contributed by atoms with van der Waals surface area (Å²) in [4.78, 5) is 4.46. The molecule has 0 amide bonds. The SMILES string of the molecule is NCC1(c2nc(C3CCOC3)no2)CC1. The smallest absolute Gasteiger partial charge is 0.234 e. The minimum Gasteiger partial charge on any atom is -0.381 e. The predicted molar refractivity (Wildman–Crippen MR) is 52.4 cm³/mol. The lowest BCUT2D eigenvalue weighted by molar-refractivity contribution is 0.192. The van der Waals surface area contributed by atoms with Crippen molar-refractivity contribution < 1.29 is 9.26 Å². The van der Waals surface area contributed by atoms with Crippen LogP contribution in [0.1, 0.15) is 36.9 Å². The molecule has 0 spiro atoms. The molecule has 1 saturated heterocycles. The number of ether oxygens (including phenoxy) is 1. The summed E-state index contributed by atoms with van der Waals surface area (Å²) >= 11 is 0. The molecule has 3 rings (SSSR count). The second-order valence-electron chi connectivity index (χ2n) is 4.50. The van der Waals surface area contributed by atoms with Gasteiger partial charge in [-0.25, -0.2) is 0 Å². The zero-order valence-corrected chi connectivity index (χ0v) is 8.61. The van der Waals surface area contributed by atoms with E-state index >= 15 is 0 Å². The van der Waals surface area contributed by atoms with Gasteiger partial charge in [-0.3, -0.25) is 0 Å². The zero-order chi connectivity index (χ0) is 10.3. The maximum atomic E-state index is 5.71.